The zero-order chi connectivity index (χ0) is 19.5. The van der Waals surface area contributed by atoms with E-state index in [1.54, 1.807) is 25.5 Å². The number of hydrogen-bond acceptors (Lipinski definition) is 6. The Bertz CT molecular complexity index is 1130. The third-order valence-electron chi connectivity index (χ3n) is 4.12. The van der Waals surface area contributed by atoms with Crippen molar-refractivity contribution in [3.63, 3.8) is 0 Å². The summed E-state index contributed by atoms with van der Waals surface area (Å²) in [6.07, 6.45) is 6.81. The second-order valence-electron chi connectivity index (χ2n) is 6.12. The molecule has 0 radical (unpaired) electrons. The fourth-order valence-electron chi connectivity index (χ4n) is 3.02. The summed E-state index contributed by atoms with van der Waals surface area (Å²) in [7, 11) is 1.65. The van der Waals surface area contributed by atoms with Crippen LogP contribution < -0.4 is 5.43 Å². The first-order chi connectivity index (χ1) is 13.7. The number of nitrogens with zero attached hydrogens (tertiary/aromatic N) is 3. The third kappa shape index (κ3) is 3.47. The van der Waals surface area contributed by atoms with Gasteiger partial charge in [0, 0.05) is 30.6 Å². The molecule has 4 rings (SSSR count). The van der Waals surface area contributed by atoms with Crippen molar-refractivity contribution in [3.05, 3.63) is 70.9 Å². The minimum absolute atomic E-state index is 0.310. The molecular weight excluding hydrogens is 376 g/mol. The molecule has 4 aromatic rings. The molecule has 142 valence electrons. The van der Waals surface area contributed by atoms with Crippen LogP contribution in [0.2, 0.25) is 0 Å². The molecule has 1 N–H and O–H groups in total. The molecule has 0 aromatic carbocycles. The summed E-state index contributed by atoms with van der Waals surface area (Å²) in [6.45, 7) is 2.36. The number of methoxy groups -OCH3 is 1. The Kier molecular flexibility index (Phi) is 5.05. The van der Waals surface area contributed by atoms with E-state index in [4.69, 9.17) is 9.15 Å². The van der Waals surface area contributed by atoms with Gasteiger partial charge in [0.1, 0.15) is 15.5 Å². The van der Waals surface area contributed by atoms with Crippen molar-refractivity contribution >= 4 is 33.7 Å². The van der Waals surface area contributed by atoms with E-state index in [-0.39, 0.29) is 5.91 Å². The SMILES string of the molecule is COCc1cc(C)nc2sc(C(=O)N/N=C/c3ccco3)c(-n3cccc3)c12. The number of nitrogens with one attached hydrogen (secondary N) is 1. The van der Waals surface area contributed by atoms with Gasteiger partial charge in [0.15, 0.2) is 0 Å². The van der Waals surface area contributed by atoms with Crippen molar-refractivity contribution in [2.75, 3.05) is 7.11 Å². The summed E-state index contributed by atoms with van der Waals surface area (Å²) in [5, 5.41) is 4.90. The highest BCUT2D eigenvalue weighted by Crippen LogP contribution is 2.36. The van der Waals surface area contributed by atoms with Crippen LogP contribution in [-0.2, 0) is 11.3 Å². The lowest BCUT2D eigenvalue weighted by Crippen LogP contribution is -2.18. The van der Waals surface area contributed by atoms with Crippen molar-refractivity contribution < 1.29 is 13.9 Å². The zero-order valence-electron chi connectivity index (χ0n) is 15.4. The largest absolute Gasteiger partial charge is 0.463 e. The summed E-state index contributed by atoms with van der Waals surface area (Å²) in [5.74, 6) is 0.248. The van der Waals surface area contributed by atoms with E-state index < -0.39 is 0 Å². The Balaban J connectivity index is 1.80. The number of thiophene rings is 1. The van der Waals surface area contributed by atoms with Gasteiger partial charge in [-0.3, -0.25) is 4.79 Å². The Morgan fingerprint density at radius 2 is 2.21 bits per heavy atom. The minimum Gasteiger partial charge on any atom is -0.463 e. The van der Waals surface area contributed by atoms with Crippen molar-refractivity contribution in [3.8, 4) is 5.69 Å². The molecular formula is C20H18N4O3S. The normalized spacial score (nSPS) is 11.5. The average molecular weight is 394 g/mol. The van der Waals surface area contributed by atoms with E-state index in [1.165, 1.54) is 17.6 Å². The molecule has 4 aromatic heterocycles. The van der Waals surface area contributed by atoms with Gasteiger partial charge in [-0.2, -0.15) is 5.10 Å². The summed E-state index contributed by atoms with van der Waals surface area (Å²) >= 11 is 1.34. The standard InChI is InChI=1S/C20H18N4O3S/c1-13-10-14(12-26-2)16-17(24-7-3-4-8-24)18(28-20(16)22-13)19(25)23-21-11-15-6-5-9-27-15/h3-11H,12H2,1-2H3,(H,23,25)/b21-11+. The lowest BCUT2D eigenvalue weighted by atomic mass is 10.1. The number of amides is 1. The van der Waals surface area contributed by atoms with Gasteiger partial charge in [-0.1, -0.05) is 0 Å². The highest BCUT2D eigenvalue weighted by Gasteiger charge is 2.23. The maximum absolute atomic E-state index is 12.9. The highest BCUT2D eigenvalue weighted by molar-refractivity contribution is 7.21. The van der Waals surface area contributed by atoms with Crippen molar-refractivity contribution in [2.24, 2.45) is 5.10 Å². The van der Waals surface area contributed by atoms with E-state index >= 15 is 0 Å². The number of aromatic nitrogens is 2. The van der Waals surface area contributed by atoms with Gasteiger partial charge in [-0.15, -0.1) is 11.3 Å². The van der Waals surface area contributed by atoms with Gasteiger partial charge in [0.05, 0.1) is 24.8 Å². The first kappa shape index (κ1) is 18.1. The molecule has 0 spiro atoms. The summed E-state index contributed by atoms with van der Waals surface area (Å²) in [4.78, 5) is 18.8. The number of aryl methyl sites for hydroxylation is 1. The number of carbonyl (C=O) groups excluding carboxylic acids is 1. The molecule has 0 aliphatic heterocycles. The number of fused-ring (bicyclic) bond motifs is 1. The summed E-state index contributed by atoms with van der Waals surface area (Å²) < 4.78 is 12.5. The number of pyridine rings is 1. The number of ether oxygens (including phenoxy) is 1. The average Bonchev–Trinajstić information content (AvgIpc) is 3.41. The quantitative estimate of drug-likeness (QED) is 0.397. The molecule has 1 amide bonds. The topological polar surface area (TPSA) is 81.7 Å². The van der Waals surface area contributed by atoms with Crippen molar-refractivity contribution in [1.29, 1.82) is 0 Å². The third-order valence-corrected chi connectivity index (χ3v) is 5.19. The molecule has 0 atom stereocenters. The number of carbonyl (C=O) groups is 1. The van der Waals surface area contributed by atoms with Gasteiger partial charge in [0.25, 0.3) is 5.91 Å². The number of furan rings is 1. The molecule has 0 saturated carbocycles. The van der Waals surface area contributed by atoms with Crippen LogP contribution in [0.4, 0.5) is 0 Å². The van der Waals surface area contributed by atoms with Gasteiger partial charge in [-0.25, -0.2) is 10.4 Å². The fraction of sp³-hybridized carbons (Fsp3) is 0.150. The smallest absolute Gasteiger partial charge is 0.283 e. The molecule has 28 heavy (non-hydrogen) atoms. The van der Waals surface area contributed by atoms with Gasteiger partial charge in [0.2, 0.25) is 0 Å². The van der Waals surface area contributed by atoms with Crippen LogP contribution in [-0.4, -0.2) is 28.8 Å². The Morgan fingerprint density at radius 1 is 1.39 bits per heavy atom. The lowest BCUT2D eigenvalue weighted by molar-refractivity contribution is 0.0959. The molecule has 0 aliphatic rings. The molecule has 7 nitrogen and oxygen atoms in total. The fourth-order valence-corrected chi connectivity index (χ4v) is 4.17. The summed E-state index contributed by atoms with van der Waals surface area (Å²) in [5.41, 5.74) is 5.21. The maximum atomic E-state index is 12.9. The predicted molar refractivity (Wildman–Crippen MR) is 108 cm³/mol. The number of hydrogen-bond donors (Lipinski definition) is 1. The van der Waals surface area contributed by atoms with Gasteiger partial charge >= 0.3 is 0 Å². The molecule has 0 saturated heterocycles. The number of rotatable bonds is 6. The van der Waals surface area contributed by atoms with Crippen molar-refractivity contribution in [1.82, 2.24) is 15.0 Å². The monoisotopic (exact) mass is 394 g/mol. The molecule has 0 unspecified atom stereocenters. The first-order valence-corrected chi connectivity index (χ1v) is 9.41. The predicted octanol–water partition coefficient (Wildman–Crippen LogP) is 3.90. The van der Waals surface area contributed by atoms with E-state index in [1.807, 2.05) is 42.1 Å². The molecule has 4 heterocycles. The van der Waals surface area contributed by atoms with Crippen LogP contribution in [0.15, 0.2) is 58.5 Å². The van der Waals surface area contributed by atoms with Crippen LogP contribution in [0.1, 0.15) is 26.7 Å². The van der Waals surface area contributed by atoms with Crippen LogP contribution in [0.25, 0.3) is 15.9 Å². The van der Waals surface area contributed by atoms with Gasteiger partial charge < -0.3 is 13.7 Å². The lowest BCUT2D eigenvalue weighted by Gasteiger charge is -2.09. The second kappa shape index (κ2) is 7.79. The van der Waals surface area contributed by atoms with Crippen LogP contribution in [0, 0.1) is 6.92 Å². The van der Waals surface area contributed by atoms with E-state index in [0.29, 0.717) is 17.2 Å². The molecule has 0 aliphatic carbocycles. The van der Waals surface area contributed by atoms with Crippen molar-refractivity contribution in [2.45, 2.75) is 13.5 Å². The second-order valence-corrected chi connectivity index (χ2v) is 7.12. The Labute approximate surface area is 165 Å². The van der Waals surface area contributed by atoms with Crippen LogP contribution in [0.5, 0.6) is 0 Å². The number of hydrazone groups is 1. The first-order valence-electron chi connectivity index (χ1n) is 8.59. The van der Waals surface area contributed by atoms with E-state index in [0.717, 1.165) is 27.2 Å². The molecule has 8 heteroatoms. The minimum atomic E-state index is -0.310. The van der Waals surface area contributed by atoms with E-state index in [2.05, 4.69) is 15.5 Å². The van der Waals surface area contributed by atoms with Crippen LogP contribution in [0.3, 0.4) is 0 Å². The summed E-state index contributed by atoms with van der Waals surface area (Å²) in [6, 6.07) is 9.33. The molecule has 0 fully saturated rings. The van der Waals surface area contributed by atoms with E-state index in [9.17, 15) is 4.79 Å². The Morgan fingerprint density at radius 3 is 2.93 bits per heavy atom. The van der Waals surface area contributed by atoms with Crippen LogP contribution >= 0.6 is 11.3 Å². The zero-order valence-corrected chi connectivity index (χ0v) is 16.2. The molecule has 0 bridgehead atoms. The highest BCUT2D eigenvalue weighted by atomic mass is 32.1. The Hall–Kier alpha value is -3.23. The maximum Gasteiger partial charge on any atom is 0.283 e. The van der Waals surface area contributed by atoms with Gasteiger partial charge in [-0.05, 0) is 42.8 Å².